The number of amides is 1. The van der Waals surface area contributed by atoms with Gasteiger partial charge in [-0.3, -0.25) is 19.8 Å². The van der Waals surface area contributed by atoms with E-state index in [1.165, 1.54) is 12.1 Å². The first-order chi connectivity index (χ1) is 14.6. The molecular formula is C19H30N6O5S. The maximum absolute atomic E-state index is 12.5. The summed E-state index contributed by atoms with van der Waals surface area (Å²) in [5.74, 6) is -0.101. The molecule has 1 saturated heterocycles. The summed E-state index contributed by atoms with van der Waals surface area (Å²) >= 11 is 0. The van der Waals surface area contributed by atoms with Crippen molar-refractivity contribution in [1.29, 1.82) is 0 Å². The topological polar surface area (TPSA) is 128 Å². The lowest BCUT2D eigenvalue weighted by Crippen LogP contribution is -2.49. The van der Waals surface area contributed by atoms with Gasteiger partial charge >= 0.3 is 0 Å². The van der Waals surface area contributed by atoms with E-state index in [1.807, 2.05) is 28.8 Å². The maximum Gasteiger partial charge on any atom is 0.293 e. The second kappa shape index (κ2) is 11.2. The Labute approximate surface area is 182 Å². The number of carbonyl (C=O) groups is 1. The van der Waals surface area contributed by atoms with Crippen molar-refractivity contribution in [3.05, 3.63) is 41.0 Å². The third-order valence-corrected chi connectivity index (χ3v) is 6.29. The number of sulfonamides is 1. The molecule has 12 heteroatoms. The van der Waals surface area contributed by atoms with Crippen molar-refractivity contribution in [2.45, 2.75) is 4.90 Å². The smallest absolute Gasteiger partial charge is 0.293 e. The number of nitrogens with one attached hydrogen (secondary N) is 2. The predicted molar refractivity (Wildman–Crippen MR) is 119 cm³/mol. The molecule has 2 rings (SSSR count). The number of likely N-dealkylation sites (N-methyl/N-ethyl adjacent to an activating group) is 1. The van der Waals surface area contributed by atoms with E-state index < -0.39 is 14.9 Å². The molecule has 1 heterocycles. The van der Waals surface area contributed by atoms with Gasteiger partial charge in [-0.2, -0.15) is 0 Å². The van der Waals surface area contributed by atoms with Crippen LogP contribution in [0.5, 0.6) is 0 Å². The van der Waals surface area contributed by atoms with Crippen molar-refractivity contribution in [3.63, 3.8) is 0 Å². The van der Waals surface area contributed by atoms with Crippen LogP contribution in [0.3, 0.4) is 0 Å². The molecule has 2 N–H and O–H groups in total. The monoisotopic (exact) mass is 454 g/mol. The Bertz CT molecular complexity index is 897. The van der Waals surface area contributed by atoms with Crippen LogP contribution in [0.2, 0.25) is 0 Å². The molecule has 0 spiro atoms. The van der Waals surface area contributed by atoms with Gasteiger partial charge in [0.2, 0.25) is 15.9 Å². The van der Waals surface area contributed by atoms with Crippen LogP contribution in [0.1, 0.15) is 0 Å². The minimum Gasteiger partial charge on any atom is -0.363 e. The fraction of sp³-hybridized carbons (Fsp3) is 0.526. The van der Waals surface area contributed by atoms with Gasteiger partial charge in [-0.15, -0.1) is 6.58 Å². The van der Waals surface area contributed by atoms with E-state index in [9.17, 15) is 23.3 Å². The first-order valence-electron chi connectivity index (χ1n) is 9.92. The van der Waals surface area contributed by atoms with E-state index >= 15 is 0 Å². The van der Waals surface area contributed by atoms with Gasteiger partial charge in [0.05, 0.1) is 16.4 Å². The quantitative estimate of drug-likeness (QED) is 0.269. The Balaban J connectivity index is 2.08. The SMILES string of the molecule is C=CCNC(=O)CN1CCN(c2ccc(S(=O)(=O)NCCN(C)C)cc2[N+](=O)[O-])CC1. The lowest BCUT2D eigenvalue weighted by Gasteiger charge is -2.35. The van der Waals surface area contributed by atoms with E-state index in [1.54, 1.807) is 6.08 Å². The molecule has 1 aliphatic rings. The van der Waals surface area contributed by atoms with Crippen molar-refractivity contribution in [2.75, 3.05) is 71.4 Å². The second-order valence-corrected chi connectivity index (χ2v) is 9.23. The van der Waals surface area contributed by atoms with Gasteiger partial charge in [-0.05, 0) is 26.2 Å². The summed E-state index contributed by atoms with van der Waals surface area (Å²) in [5, 5.41) is 14.4. The summed E-state index contributed by atoms with van der Waals surface area (Å²) in [5.41, 5.74) is 0.112. The third kappa shape index (κ3) is 7.28. The summed E-state index contributed by atoms with van der Waals surface area (Å²) in [6.07, 6.45) is 1.61. The molecule has 0 atom stereocenters. The van der Waals surface area contributed by atoms with Crippen LogP contribution in [0, 0.1) is 10.1 Å². The van der Waals surface area contributed by atoms with Gasteiger partial charge in [-0.1, -0.05) is 6.08 Å². The second-order valence-electron chi connectivity index (χ2n) is 7.46. The number of nitro benzene ring substituents is 1. The van der Waals surface area contributed by atoms with Gasteiger partial charge in [-0.25, -0.2) is 13.1 Å². The Morgan fingerprint density at radius 3 is 2.55 bits per heavy atom. The average Bonchev–Trinajstić information content (AvgIpc) is 2.72. The number of rotatable bonds is 11. The zero-order valence-electron chi connectivity index (χ0n) is 17.9. The van der Waals surface area contributed by atoms with Crippen LogP contribution in [-0.2, 0) is 14.8 Å². The van der Waals surface area contributed by atoms with Crippen LogP contribution < -0.4 is 14.9 Å². The number of hydrogen-bond donors (Lipinski definition) is 2. The number of nitro groups is 1. The van der Waals surface area contributed by atoms with E-state index in [0.717, 1.165) is 6.07 Å². The molecule has 1 aromatic carbocycles. The Hall–Kier alpha value is -2.54. The van der Waals surface area contributed by atoms with Crippen molar-refractivity contribution in [1.82, 2.24) is 19.8 Å². The largest absolute Gasteiger partial charge is 0.363 e. The molecule has 1 aliphatic heterocycles. The van der Waals surface area contributed by atoms with Crippen molar-refractivity contribution in [2.24, 2.45) is 0 Å². The molecule has 0 bridgehead atoms. The molecular weight excluding hydrogens is 424 g/mol. The molecule has 1 aromatic rings. The number of piperazine rings is 1. The fourth-order valence-electron chi connectivity index (χ4n) is 3.16. The molecule has 31 heavy (non-hydrogen) atoms. The fourth-order valence-corrected chi connectivity index (χ4v) is 4.20. The molecule has 0 unspecified atom stereocenters. The first-order valence-corrected chi connectivity index (χ1v) is 11.4. The number of benzene rings is 1. The minimum atomic E-state index is -3.85. The summed E-state index contributed by atoms with van der Waals surface area (Å²) in [6, 6.07) is 3.96. The maximum atomic E-state index is 12.5. The van der Waals surface area contributed by atoms with Crippen molar-refractivity contribution < 1.29 is 18.1 Å². The van der Waals surface area contributed by atoms with E-state index in [-0.39, 0.29) is 29.6 Å². The lowest BCUT2D eigenvalue weighted by molar-refractivity contribution is -0.384. The molecule has 1 amide bonds. The number of nitrogens with zero attached hydrogens (tertiary/aromatic N) is 4. The van der Waals surface area contributed by atoms with Crippen LogP contribution in [-0.4, -0.2) is 95.5 Å². The molecule has 0 aromatic heterocycles. The lowest BCUT2D eigenvalue weighted by atomic mass is 10.2. The van der Waals surface area contributed by atoms with Crippen LogP contribution in [0.25, 0.3) is 0 Å². The van der Waals surface area contributed by atoms with E-state index in [4.69, 9.17) is 0 Å². The highest BCUT2D eigenvalue weighted by molar-refractivity contribution is 7.89. The van der Waals surface area contributed by atoms with Crippen molar-refractivity contribution >= 4 is 27.3 Å². The summed E-state index contributed by atoms with van der Waals surface area (Å²) in [7, 11) is -0.207. The van der Waals surface area contributed by atoms with E-state index in [2.05, 4.69) is 16.6 Å². The molecule has 0 aliphatic carbocycles. The minimum absolute atomic E-state index is 0.101. The van der Waals surface area contributed by atoms with Gasteiger partial charge < -0.3 is 15.1 Å². The zero-order valence-corrected chi connectivity index (χ0v) is 18.7. The average molecular weight is 455 g/mol. The van der Waals surface area contributed by atoms with Crippen LogP contribution in [0.15, 0.2) is 35.7 Å². The highest BCUT2D eigenvalue weighted by Gasteiger charge is 2.27. The third-order valence-electron chi connectivity index (χ3n) is 4.83. The highest BCUT2D eigenvalue weighted by Crippen LogP contribution is 2.31. The summed E-state index contributed by atoms with van der Waals surface area (Å²) in [4.78, 5) is 28.4. The van der Waals surface area contributed by atoms with E-state index in [0.29, 0.717) is 45.0 Å². The number of carbonyl (C=O) groups excluding carboxylic acids is 1. The standard InChI is InChI=1S/C19H30N6O5S/c1-4-7-20-19(26)15-23-10-12-24(13-11-23)17-6-5-16(14-18(17)25(27)28)31(29,30)21-8-9-22(2)3/h4-6,14,21H,1,7-13,15H2,2-3H3,(H,20,26). The van der Waals surface area contributed by atoms with Gasteiger partial charge in [0, 0.05) is 51.9 Å². The first kappa shape index (κ1) is 24.7. The number of hydrogen-bond acceptors (Lipinski definition) is 8. The molecule has 1 fully saturated rings. The Kier molecular flexibility index (Phi) is 8.92. The zero-order chi connectivity index (χ0) is 23.0. The predicted octanol–water partition coefficient (Wildman–Crippen LogP) is -0.141. The molecule has 0 saturated carbocycles. The highest BCUT2D eigenvalue weighted by atomic mass is 32.2. The molecule has 172 valence electrons. The van der Waals surface area contributed by atoms with Crippen LogP contribution in [0.4, 0.5) is 11.4 Å². The number of anilines is 1. The van der Waals surface area contributed by atoms with Crippen molar-refractivity contribution in [3.8, 4) is 0 Å². The molecule has 11 nitrogen and oxygen atoms in total. The van der Waals surface area contributed by atoms with Gasteiger partial charge in [0.15, 0.2) is 0 Å². The summed E-state index contributed by atoms with van der Waals surface area (Å²) < 4.78 is 27.4. The molecule has 0 radical (unpaired) electrons. The van der Waals surface area contributed by atoms with Gasteiger partial charge in [0.1, 0.15) is 5.69 Å². The summed E-state index contributed by atoms with van der Waals surface area (Å²) in [6.45, 7) is 7.02. The van der Waals surface area contributed by atoms with Gasteiger partial charge in [0.25, 0.3) is 5.69 Å². The van der Waals surface area contributed by atoms with Crippen LogP contribution >= 0.6 is 0 Å². The Morgan fingerprint density at radius 1 is 1.29 bits per heavy atom. The Morgan fingerprint density at radius 2 is 1.97 bits per heavy atom. The normalized spacial score (nSPS) is 15.1.